The van der Waals surface area contributed by atoms with Gasteiger partial charge in [-0.25, -0.2) is 19.6 Å². The fraction of sp³-hybridized carbons (Fsp3) is 0.217. The molecular weight excluding hydrogens is 474 g/mol. The Morgan fingerprint density at radius 3 is 2.71 bits per heavy atom. The van der Waals surface area contributed by atoms with Crippen LogP contribution in [-0.2, 0) is 17.6 Å². The normalized spacial score (nSPS) is 12.1. The predicted molar refractivity (Wildman–Crippen MR) is 130 cm³/mol. The van der Waals surface area contributed by atoms with Crippen LogP contribution >= 0.6 is 22.9 Å². The minimum atomic E-state index is -0.190. The van der Waals surface area contributed by atoms with Crippen LogP contribution in [0.25, 0.3) is 27.5 Å². The molecule has 0 aliphatic heterocycles. The predicted octanol–water partition coefficient (Wildman–Crippen LogP) is 3.91. The van der Waals surface area contributed by atoms with E-state index in [0.717, 1.165) is 33.1 Å². The van der Waals surface area contributed by atoms with Crippen molar-refractivity contribution in [3.8, 4) is 27.5 Å². The smallest absolute Gasteiger partial charge is 0.251 e. The number of aromatic nitrogens is 5. The lowest BCUT2D eigenvalue weighted by Gasteiger charge is -2.15. The van der Waals surface area contributed by atoms with Crippen molar-refractivity contribution < 1.29 is 9.59 Å². The zero-order chi connectivity index (χ0) is 23.8. The van der Waals surface area contributed by atoms with Gasteiger partial charge in [0.25, 0.3) is 5.91 Å². The van der Waals surface area contributed by atoms with Gasteiger partial charge >= 0.3 is 0 Å². The van der Waals surface area contributed by atoms with Crippen molar-refractivity contribution >= 4 is 39.9 Å². The molecule has 0 atom stereocenters. The SMILES string of the molecule is CCNC(=O)c1ccc(-n2nc(-c3cncnc3)c3c2-c2sc(NC(C)=O)nc2CC3)c(Cl)c1. The fourth-order valence-corrected chi connectivity index (χ4v) is 5.36. The fourth-order valence-electron chi connectivity index (χ4n) is 3.98. The van der Waals surface area contributed by atoms with Crippen molar-refractivity contribution in [2.24, 2.45) is 0 Å². The van der Waals surface area contributed by atoms with Gasteiger partial charge in [0.1, 0.15) is 6.33 Å². The first-order valence-electron chi connectivity index (χ1n) is 10.7. The van der Waals surface area contributed by atoms with Crippen LogP contribution in [0.3, 0.4) is 0 Å². The van der Waals surface area contributed by atoms with Crippen LogP contribution in [0, 0.1) is 0 Å². The number of rotatable bonds is 5. The number of anilines is 1. The van der Waals surface area contributed by atoms with Crippen LogP contribution in [-0.4, -0.2) is 43.1 Å². The number of hydrogen-bond acceptors (Lipinski definition) is 7. The van der Waals surface area contributed by atoms with Crippen LogP contribution in [0.1, 0.15) is 35.5 Å². The number of nitrogens with zero attached hydrogens (tertiary/aromatic N) is 5. The molecule has 34 heavy (non-hydrogen) atoms. The van der Waals surface area contributed by atoms with E-state index >= 15 is 0 Å². The summed E-state index contributed by atoms with van der Waals surface area (Å²) in [5.74, 6) is -0.365. The van der Waals surface area contributed by atoms with E-state index in [9.17, 15) is 9.59 Å². The molecule has 0 spiro atoms. The first-order chi connectivity index (χ1) is 16.5. The van der Waals surface area contributed by atoms with E-state index in [1.807, 2.05) is 6.92 Å². The van der Waals surface area contributed by atoms with Crippen molar-refractivity contribution in [2.45, 2.75) is 26.7 Å². The van der Waals surface area contributed by atoms with Crippen molar-refractivity contribution in [3.63, 3.8) is 0 Å². The Kier molecular flexibility index (Phi) is 5.84. The lowest BCUT2D eigenvalue weighted by Crippen LogP contribution is -2.22. The lowest BCUT2D eigenvalue weighted by atomic mass is 9.96. The van der Waals surface area contributed by atoms with E-state index in [-0.39, 0.29) is 11.8 Å². The molecule has 0 bridgehead atoms. The zero-order valence-corrected chi connectivity index (χ0v) is 20.0. The molecule has 0 fully saturated rings. The van der Waals surface area contributed by atoms with Gasteiger partial charge in [-0.2, -0.15) is 5.10 Å². The van der Waals surface area contributed by atoms with E-state index < -0.39 is 0 Å². The number of hydrogen-bond donors (Lipinski definition) is 2. The van der Waals surface area contributed by atoms with Crippen molar-refractivity contribution in [1.82, 2.24) is 30.0 Å². The molecule has 4 aromatic rings. The molecule has 0 saturated carbocycles. The molecule has 0 unspecified atom stereocenters. The maximum Gasteiger partial charge on any atom is 0.251 e. The number of amides is 2. The highest BCUT2D eigenvalue weighted by Gasteiger charge is 2.30. The number of nitrogens with one attached hydrogen (secondary N) is 2. The number of benzene rings is 1. The molecule has 2 N–H and O–H groups in total. The Labute approximate surface area is 204 Å². The first-order valence-corrected chi connectivity index (χ1v) is 11.9. The van der Waals surface area contributed by atoms with Gasteiger partial charge in [0.2, 0.25) is 5.91 Å². The molecule has 11 heteroatoms. The number of carbonyl (C=O) groups excluding carboxylic acids is 2. The summed E-state index contributed by atoms with van der Waals surface area (Å²) in [6.07, 6.45) is 6.36. The standard InChI is InChI=1S/C23H20ClN7O2S/c1-3-27-22(33)13-4-7-18(16(24)8-13)31-20-15(19(30-31)14-9-25-11-26-10-14)5-6-17-21(20)34-23(29-17)28-12(2)32/h4,7-11H,3,5-6H2,1-2H3,(H,27,33)(H,28,29,32). The number of aryl methyl sites for hydroxylation is 1. The molecule has 2 amide bonds. The van der Waals surface area contributed by atoms with Gasteiger partial charge in [0.15, 0.2) is 5.13 Å². The van der Waals surface area contributed by atoms with Gasteiger partial charge in [-0.1, -0.05) is 22.9 Å². The van der Waals surface area contributed by atoms with Crippen LogP contribution in [0.2, 0.25) is 5.02 Å². The Morgan fingerprint density at radius 1 is 1.21 bits per heavy atom. The number of fused-ring (bicyclic) bond motifs is 3. The molecule has 3 aromatic heterocycles. The topological polar surface area (TPSA) is 115 Å². The zero-order valence-electron chi connectivity index (χ0n) is 18.4. The molecule has 1 aromatic carbocycles. The Morgan fingerprint density at radius 2 is 2.00 bits per heavy atom. The molecule has 1 aliphatic rings. The second kappa shape index (κ2) is 8.96. The van der Waals surface area contributed by atoms with E-state index in [0.29, 0.717) is 40.8 Å². The molecule has 5 rings (SSSR count). The van der Waals surface area contributed by atoms with Gasteiger partial charge in [0, 0.05) is 42.6 Å². The van der Waals surface area contributed by atoms with Crippen LogP contribution in [0.5, 0.6) is 0 Å². The van der Waals surface area contributed by atoms with Crippen LogP contribution in [0.15, 0.2) is 36.9 Å². The maximum absolute atomic E-state index is 12.3. The summed E-state index contributed by atoms with van der Waals surface area (Å²) in [7, 11) is 0. The Balaban J connectivity index is 1.70. The Hall–Kier alpha value is -3.63. The second-order valence-electron chi connectivity index (χ2n) is 7.72. The molecule has 9 nitrogen and oxygen atoms in total. The third kappa shape index (κ3) is 3.95. The van der Waals surface area contributed by atoms with E-state index in [1.165, 1.54) is 24.6 Å². The number of thiazole rings is 1. The van der Waals surface area contributed by atoms with Crippen LogP contribution < -0.4 is 10.6 Å². The highest BCUT2D eigenvalue weighted by atomic mass is 35.5. The largest absolute Gasteiger partial charge is 0.352 e. The summed E-state index contributed by atoms with van der Waals surface area (Å²) in [4.78, 5) is 37.7. The summed E-state index contributed by atoms with van der Waals surface area (Å²) >= 11 is 8.07. The van der Waals surface area contributed by atoms with E-state index in [2.05, 4.69) is 25.6 Å². The van der Waals surface area contributed by atoms with Crippen LogP contribution in [0.4, 0.5) is 5.13 Å². The average molecular weight is 494 g/mol. The minimum Gasteiger partial charge on any atom is -0.352 e. The van der Waals surface area contributed by atoms with Gasteiger partial charge in [-0.3, -0.25) is 9.59 Å². The third-order valence-electron chi connectivity index (χ3n) is 5.40. The van der Waals surface area contributed by atoms with Gasteiger partial charge in [0.05, 0.1) is 32.7 Å². The monoisotopic (exact) mass is 493 g/mol. The molecule has 0 saturated heterocycles. The highest BCUT2D eigenvalue weighted by Crippen LogP contribution is 2.44. The second-order valence-corrected chi connectivity index (χ2v) is 9.12. The quantitative estimate of drug-likeness (QED) is 0.435. The minimum absolute atomic E-state index is 0.175. The van der Waals surface area contributed by atoms with E-state index in [4.69, 9.17) is 16.7 Å². The maximum atomic E-state index is 12.3. The summed E-state index contributed by atoms with van der Waals surface area (Å²) < 4.78 is 1.79. The summed E-state index contributed by atoms with van der Waals surface area (Å²) in [6.45, 7) is 3.85. The Bertz CT molecular complexity index is 1410. The van der Waals surface area contributed by atoms with Gasteiger partial charge in [-0.05, 0) is 38.0 Å². The average Bonchev–Trinajstić information content (AvgIpc) is 3.40. The van der Waals surface area contributed by atoms with Gasteiger partial charge in [-0.15, -0.1) is 0 Å². The molecular formula is C23H20ClN7O2S. The third-order valence-corrected chi connectivity index (χ3v) is 6.72. The van der Waals surface area contributed by atoms with Crippen molar-refractivity contribution in [1.29, 1.82) is 0 Å². The molecule has 3 heterocycles. The number of carbonyl (C=O) groups is 2. The van der Waals surface area contributed by atoms with Crippen molar-refractivity contribution in [3.05, 3.63) is 58.8 Å². The molecule has 172 valence electrons. The van der Waals surface area contributed by atoms with E-state index in [1.54, 1.807) is 35.3 Å². The number of halogens is 1. The summed E-state index contributed by atoms with van der Waals surface area (Å²) in [5, 5.41) is 11.4. The molecule has 1 aliphatic carbocycles. The summed E-state index contributed by atoms with van der Waals surface area (Å²) in [5.41, 5.74) is 5.46. The highest BCUT2D eigenvalue weighted by molar-refractivity contribution is 7.19. The summed E-state index contributed by atoms with van der Waals surface area (Å²) in [6, 6.07) is 5.15. The lowest BCUT2D eigenvalue weighted by molar-refractivity contribution is -0.114. The van der Waals surface area contributed by atoms with Crippen molar-refractivity contribution in [2.75, 3.05) is 11.9 Å². The first kappa shape index (κ1) is 22.2. The van der Waals surface area contributed by atoms with Gasteiger partial charge < -0.3 is 10.6 Å². The molecule has 0 radical (unpaired) electrons.